The highest BCUT2D eigenvalue weighted by molar-refractivity contribution is 7.92. The maximum Gasteiger partial charge on any atom is 0.261 e. The average molecular weight is 419 g/mol. The molecule has 1 aliphatic rings. The number of anilines is 1. The van der Waals surface area contributed by atoms with Crippen LogP contribution >= 0.6 is 0 Å². The van der Waals surface area contributed by atoms with Crippen molar-refractivity contribution in [2.24, 2.45) is 0 Å². The third-order valence-electron chi connectivity index (χ3n) is 4.77. The first-order valence-corrected chi connectivity index (χ1v) is 11.2. The minimum Gasteiger partial charge on any atom is -0.496 e. The summed E-state index contributed by atoms with van der Waals surface area (Å²) in [6.07, 6.45) is 4.72. The molecule has 2 aromatic carbocycles. The van der Waals surface area contributed by atoms with Crippen molar-refractivity contribution in [3.05, 3.63) is 48.0 Å². The van der Waals surface area contributed by atoms with Crippen molar-refractivity contribution in [1.29, 1.82) is 0 Å². The van der Waals surface area contributed by atoms with Gasteiger partial charge in [-0.1, -0.05) is 0 Å². The largest absolute Gasteiger partial charge is 0.496 e. The third-order valence-corrected chi connectivity index (χ3v) is 6.15. The molecule has 1 saturated carbocycles. The summed E-state index contributed by atoms with van der Waals surface area (Å²) in [5.41, 5.74) is 0.580. The van der Waals surface area contributed by atoms with E-state index in [1.54, 1.807) is 31.2 Å². The van der Waals surface area contributed by atoms with E-state index in [9.17, 15) is 13.2 Å². The molecule has 3 rings (SSSR count). The fourth-order valence-corrected chi connectivity index (χ4v) is 4.39. The minimum atomic E-state index is -3.87. The lowest BCUT2D eigenvalue weighted by molar-refractivity contribution is 0.0952. The Bertz CT molecular complexity index is 952. The molecule has 0 heterocycles. The zero-order valence-corrected chi connectivity index (χ0v) is 17.4. The third kappa shape index (κ3) is 5.20. The average Bonchev–Trinajstić information content (AvgIpc) is 3.22. The fourth-order valence-electron chi connectivity index (χ4n) is 3.30. The number of amides is 1. The lowest BCUT2D eigenvalue weighted by atomic mass is 10.2. The van der Waals surface area contributed by atoms with Crippen LogP contribution in [0.4, 0.5) is 5.69 Å². The summed E-state index contributed by atoms with van der Waals surface area (Å²) in [7, 11) is -2.44. The van der Waals surface area contributed by atoms with E-state index in [0.717, 1.165) is 18.6 Å². The summed E-state index contributed by atoms with van der Waals surface area (Å²) in [6, 6.07) is 11.0. The van der Waals surface area contributed by atoms with Crippen LogP contribution in [0, 0.1) is 0 Å². The van der Waals surface area contributed by atoms with E-state index >= 15 is 0 Å². The van der Waals surface area contributed by atoms with Gasteiger partial charge in [-0.3, -0.25) is 9.52 Å². The maximum absolute atomic E-state index is 12.8. The zero-order chi connectivity index (χ0) is 20.9. The van der Waals surface area contributed by atoms with Gasteiger partial charge in [-0.2, -0.15) is 0 Å². The van der Waals surface area contributed by atoms with Crippen LogP contribution < -0.4 is 19.5 Å². The van der Waals surface area contributed by atoms with Gasteiger partial charge in [0.2, 0.25) is 0 Å². The molecule has 0 radical (unpaired) electrons. The second-order valence-electron chi connectivity index (χ2n) is 6.88. The number of hydrogen-bond donors (Lipinski definition) is 2. The zero-order valence-electron chi connectivity index (χ0n) is 16.6. The molecule has 1 amide bonds. The van der Waals surface area contributed by atoms with E-state index in [-0.39, 0.29) is 16.6 Å². The van der Waals surface area contributed by atoms with Gasteiger partial charge >= 0.3 is 0 Å². The van der Waals surface area contributed by atoms with Gasteiger partial charge in [0.25, 0.3) is 15.9 Å². The monoisotopic (exact) mass is 418 g/mol. The van der Waals surface area contributed by atoms with Crippen LogP contribution in [0.3, 0.4) is 0 Å². The molecule has 2 aromatic rings. The molecule has 1 fully saturated rings. The van der Waals surface area contributed by atoms with E-state index in [1.807, 2.05) is 0 Å². The Morgan fingerprint density at radius 2 is 1.79 bits per heavy atom. The van der Waals surface area contributed by atoms with Crippen molar-refractivity contribution in [3.63, 3.8) is 0 Å². The van der Waals surface area contributed by atoms with Gasteiger partial charge in [0.15, 0.2) is 0 Å². The number of carbonyl (C=O) groups excluding carboxylic acids is 1. The summed E-state index contributed by atoms with van der Waals surface area (Å²) < 4.78 is 39.2. The fraction of sp³-hybridized carbons (Fsp3) is 0.381. The summed E-state index contributed by atoms with van der Waals surface area (Å²) in [5, 5.41) is 2.65. The maximum atomic E-state index is 12.8. The van der Waals surface area contributed by atoms with E-state index < -0.39 is 15.9 Å². The molecule has 0 bridgehead atoms. The first-order valence-electron chi connectivity index (χ1n) is 9.68. The molecule has 0 aliphatic heterocycles. The van der Waals surface area contributed by atoms with Crippen LogP contribution in [-0.4, -0.2) is 34.1 Å². The lowest BCUT2D eigenvalue weighted by Crippen LogP contribution is -2.24. The molecule has 29 heavy (non-hydrogen) atoms. The molecule has 8 heteroatoms. The Morgan fingerprint density at radius 3 is 2.41 bits per heavy atom. The highest BCUT2D eigenvalue weighted by Gasteiger charge is 2.20. The highest BCUT2D eigenvalue weighted by atomic mass is 32.2. The molecule has 0 unspecified atom stereocenters. The van der Waals surface area contributed by atoms with Crippen LogP contribution in [0.25, 0.3) is 0 Å². The number of methoxy groups -OCH3 is 1. The van der Waals surface area contributed by atoms with Gasteiger partial charge in [0.1, 0.15) is 11.5 Å². The van der Waals surface area contributed by atoms with E-state index in [1.165, 1.54) is 38.2 Å². The number of rotatable bonds is 8. The van der Waals surface area contributed by atoms with Crippen molar-refractivity contribution in [2.75, 3.05) is 18.4 Å². The highest BCUT2D eigenvalue weighted by Crippen LogP contribution is 2.27. The Hall–Kier alpha value is -2.74. The van der Waals surface area contributed by atoms with Crippen molar-refractivity contribution in [3.8, 4) is 11.5 Å². The Labute approximate surface area is 171 Å². The first kappa shape index (κ1) is 21.0. The summed E-state index contributed by atoms with van der Waals surface area (Å²) in [6.45, 7) is 2.21. The van der Waals surface area contributed by atoms with Crippen molar-refractivity contribution < 1.29 is 22.7 Å². The van der Waals surface area contributed by atoms with Crippen LogP contribution in [0.5, 0.6) is 11.5 Å². The Kier molecular flexibility index (Phi) is 6.64. The molecule has 2 N–H and O–H groups in total. The standard InChI is InChI=1S/C21H26N2O5S/c1-3-22-21(24)19-14-18(12-13-20(19)27-2)29(25,26)23-15-8-10-17(11-9-15)28-16-6-4-5-7-16/h8-14,16,23H,3-7H2,1-2H3,(H,22,24). The molecule has 1 aliphatic carbocycles. The SMILES string of the molecule is CCNC(=O)c1cc(S(=O)(=O)Nc2ccc(OC3CCCC3)cc2)ccc1OC. The minimum absolute atomic E-state index is 0.0224. The number of benzene rings is 2. The van der Waals surface area contributed by atoms with Crippen LogP contribution in [0.1, 0.15) is 43.0 Å². The second-order valence-corrected chi connectivity index (χ2v) is 8.56. The number of hydrogen-bond acceptors (Lipinski definition) is 5. The predicted octanol–water partition coefficient (Wildman–Crippen LogP) is 3.57. The quantitative estimate of drug-likeness (QED) is 0.684. The van der Waals surface area contributed by atoms with E-state index in [2.05, 4.69) is 10.0 Å². The Morgan fingerprint density at radius 1 is 1.10 bits per heavy atom. The predicted molar refractivity (Wildman–Crippen MR) is 111 cm³/mol. The molecule has 156 valence electrons. The van der Waals surface area contributed by atoms with E-state index in [0.29, 0.717) is 18.0 Å². The second kappa shape index (κ2) is 9.17. The molecule has 0 saturated heterocycles. The number of carbonyl (C=O) groups is 1. The van der Waals surface area contributed by atoms with Crippen molar-refractivity contribution in [1.82, 2.24) is 5.32 Å². The Balaban J connectivity index is 1.76. The van der Waals surface area contributed by atoms with Gasteiger partial charge < -0.3 is 14.8 Å². The topological polar surface area (TPSA) is 93.7 Å². The van der Waals surface area contributed by atoms with Crippen LogP contribution in [0.15, 0.2) is 47.4 Å². The van der Waals surface area contributed by atoms with Gasteiger partial charge in [-0.15, -0.1) is 0 Å². The molecule has 7 nitrogen and oxygen atoms in total. The summed E-state index contributed by atoms with van der Waals surface area (Å²) in [4.78, 5) is 12.2. The van der Waals surface area contributed by atoms with Gasteiger partial charge in [-0.25, -0.2) is 8.42 Å². The van der Waals surface area contributed by atoms with Gasteiger partial charge in [-0.05, 0) is 75.1 Å². The normalized spacial score (nSPS) is 14.4. The molecular formula is C21H26N2O5S. The number of ether oxygens (including phenoxy) is 2. The van der Waals surface area contributed by atoms with Crippen molar-refractivity contribution >= 4 is 21.6 Å². The molecule has 0 spiro atoms. The number of sulfonamides is 1. The molecular weight excluding hydrogens is 392 g/mol. The molecule has 0 atom stereocenters. The van der Waals surface area contributed by atoms with Gasteiger partial charge in [0.05, 0.1) is 23.7 Å². The first-order chi connectivity index (χ1) is 13.9. The lowest BCUT2D eigenvalue weighted by Gasteiger charge is -2.14. The van der Waals surface area contributed by atoms with Crippen molar-refractivity contribution in [2.45, 2.75) is 43.6 Å². The smallest absolute Gasteiger partial charge is 0.261 e. The summed E-state index contributed by atoms with van der Waals surface area (Å²) in [5.74, 6) is 0.640. The summed E-state index contributed by atoms with van der Waals surface area (Å²) >= 11 is 0. The van der Waals surface area contributed by atoms with Gasteiger partial charge in [0, 0.05) is 12.2 Å². The van der Waals surface area contributed by atoms with E-state index in [4.69, 9.17) is 9.47 Å². The van der Waals surface area contributed by atoms with Crippen LogP contribution in [0.2, 0.25) is 0 Å². The number of nitrogens with one attached hydrogen (secondary N) is 2. The van der Waals surface area contributed by atoms with Crippen LogP contribution in [-0.2, 0) is 10.0 Å². The molecule has 0 aromatic heterocycles.